The van der Waals surface area contributed by atoms with Gasteiger partial charge in [-0.05, 0) is 52.0 Å². The number of rotatable bonds is 3. The number of esters is 3. The lowest BCUT2D eigenvalue weighted by Gasteiger charge is -2.58. The van der Waals surface area contributed by atoms with Crippen molar-refractivity contribution in [3.05, 3.63) is 35.8 Å². The molecular weight excluding hydrogens is 412 g/mol. The Morgan fingerprint density at radius 2 is 1.97 bits per heavy atom. The highest BCUT2D eigenvalue weighted by atomic mass is 16.6. The summed E-state index contributed by atoms with van der Waals surface area (Å²) in [5.74, 6) is -1.26. The number of allylic oxidation sites excluding steroid dienone is 1. The average molecular weight is 443 g/mol. The molecule has 0 amide bonds. The third kappa shape index (κ3) is 2.15. The first-order valence-electron chi connectivity index (χ1n) is 11.4. The summed E-state index contributed by atoms with van der Waals surface area (Å²) in [7, 11) is 0. The second-order valence-electron chi connectivity index (χ2n) is 10.4. The zero-order chi connectivity index (χ0) is 23.1. The minimum Gasteiger partial charge on any atom is -0.472 e. The van der Waals surface area contributed by atoms with Crippen LogP contribution in [0.25, 0.3) is 0 Å². The van der Waals surface area contributed by atoms with E-state index < -0.39 is 40.0 Å². The van der Waals surface area contributed by atoms with E-state index in [1.54, 1.807) is 38.5 Å². The van der Waals surface area contributed by atoms with E-state index in [1.165, 1.54) is 0 Å². The number of cyclic esters (lactones) is 1. The van der Waals surface area contributed by atoms with Crippen LogP contribution in [0.2, 0.25) is 0 Å². The Bertz CT molecular complexity index is 1030. The molecule has 0 radical (unpaired) electrons. The van der Waals surface area contributed by atoms with Crippen LogP contribution in [0, 0.1) is 22.2 Å². The maximum absolute atomic E-state index is 13.7. The SMILES string of the molecule is CC=C(C)C(=O)OC1CC(C)C2(CC(c3ccoc3)OC2=O)C23CCC(C)(C(=O)O2)C13C. The van der Waals surface area contributed by atoms with Gasteiger partial charge in [0.25, 0.3) is 0 Å². The fourth-order valence-corrected chi connectivity index (χ4v) is 7.22. The van der Waals surface area contributed by atoms with Crippen molar-refractivity contribution >= 4 is 17.9 Å². The second kappa shape index (κ2) is 6.49. The Balaban J connectivity index is 1.64. The maximum atomic E-state index is 13.7. The van der Waals surface area contributed by atoms with Crippen molar-refractivity contribution in [2.24, 2.45) is 22.2 Å². The number of carbonyl (C=O) groups excluding carboxylic acids is 3. The molecule has 4 fully saturated rings. The molecule has 2 saturated heterocycles. The molecular formula is C25H30O7. The Hall–Kier alpha value is -2.57. The Labute approximate surface area is 187 Å². The monoisotopic (exact) mass is 442 g/mol. The molecule has 7 heteroatoms. The lowest BCUT2D eigenvalue weighted by molar-refractivity contribution is -0.231. The molecule has 2 bridgehead atoms. The summed E-state index contributed by atoms with van der Waals surface area (Å²) >= 11 is 0. The summed E-state index contributed by atoms with van der Waals surface area (Å²) < 4.78 is 23.4. The largest absolute Gasteiger partial charge is 0.472 e. The van der Waals surface area contributed by atoms with Gasteiger partial charge in [-0.3, -0.25) is 9.59 Å². The van der Waals surface area contributed by atoms with Gasteiger partial charge < -0.3 is 18.6 Å². The summed E-state index contributed by atoms with van der Waals surface area (Å²) in [5.41, 5.74) is -2.48. The molecule has 172 valence electrons. The van der Waals surface area contributed by atoms with Gasteiger partial charge in [0.2, 0.25) is 0 Å². The van der Waals surface area contributed by atoms with Gasteiger partial charge in [-0.25, -0.2) is 4.79 Å². The van der Waals surface area contributed by atoms with Gasteiger partial charge in [0.15, 0.2) is 0 Å². The Morgan fingerprint density at radius 1 is 1.22 bits per heavy atom. The Kier molecular flexibility index (Phi) is 4.31. The molecule has 1 aromatic rings. The van der Waals surface area contributed by atoms with Crippen LogP contribution < -0.4 is 0 Å². The zero-order valence-electron chi connectivity index (χ0n) is 19.2. The van der Waals surface area contributed by atoms with Crippen LogP contribution in [0.5, 0.6) is 0 Å². The molecule has 3 heterocycles. The topological polar surface area (TPSA) is 92.0 Å². The number of hydrogen-bond acceptors (Lipinski definition) is 7. The summed E-state index contributed by atoms with van der Waals surface area (Å²) in [6.07, 6.45) is 5.83. The molecule has 32 heavy (non-hydrogen) atoms. The second-order valence-corrected chi connectivity index (χ2v) is 10.4. The normalized spacial score (nSPS) is 45.0. The van der Waals surface area contributed by atoms with E-state index in [0.717, 1.165) is 5.56 Å². The molecule has 7 unspecified atom stereocenters. The van der Waals surface area contributed by atoms with E-state index in [1.807, 2.05) is 20.8 Å². The minimum absolute atomic E-state index is 0.211. The van der Waals surface area contributed by atoms with Crippen LogP contribution in [0.1, 0.15) is 72.0 Å². The fourth-order valence-electron chi connectivity index (χ4n) is 7.22. The van der Waals surface area contributed by atoms with Crippen molar-refractivity contribution in [1.82, 2.24) is 0 Å². The molecule has 0 N–H and O–H groups in total. The lowest BCUT2D eigenvalue weighted by Crippen LogP contribution is -2.68. The quantitative estimate of drug-likeness (QED) is 0.392. The van der Waals surface area contributed by atoms with E-state index >= 15 is 0 Å². The van der Waals surface area contributed by atoms with Crippen molar-refractivity contribution in [2.45, 2.75) is 78.1 Å². The third-order valence-electron chi connectivity index (χ3n) is 9.49. The maximum Gasteiger partial charge on any atom is 0.333 e. The number of ether oxygens (including phenoxy) is 3. The van der Waals surface area contributed by atoms with E-state index in [0.29, 0.717) is 31.3 Å². The van der Waals surface area contributed by atoms with Gasteiger partial charge in [0.05, 0.1) is 23.4 Å². The van der Waals surface area contributed by atoms with E-state index in [4.69, 9.17) is 18.6 Å². The van der Waals surface area contributed by atoms with Gasteiger partial charge >= 0.3 is 17.9 Å². The molecule has 1 aromatic heterocycles. The van der Waals surface area contributed by atoms with Gasteiger partial charge in [-0.15, -0.1) is 0 Å². The van der Waals surface area contributed by atoms with Crippen molar-refractivity contribution < 1.29 is 33.0 Å². The van der Waals surface area contributed by atoms with Gasteiger partial charge in [0, 0.05) is 17.6 Å². The van der Waals surface area contributed by atoms with Crippen LogP contribution in [-0.4, -0.2) is 29.6 Å². The molecule has 0 aromatic carbocycles. The first-order valence-corrected chi connectivity index (χ1v) is 11.4. The minimum atomic E-state index is -1.09. The summed E-state index contributed by atoms with van der Waals surface area (Å²) in [5, 5.41) is 0. The highest BCUT2D eigenvalue weighted by Crippen LogP contribution is 2.78. The van der Waals surface area contributed by atoms with Crippen LogP contribution in [0.4, 0.5) is 0 Å². The molecule has 4 aliphatic rings. The Morgan fingerprint density at radius 3 is 2.59 bits per heavy atom. The van der Waals surface area contributed by atoms with E-state index in [9.17, 15) is 14.4 Å². The molecule has 7 nitrogen and oxygen atoms in total. The molecule has 2 saturated carbocycles. The van der Waals surface area contributed by atoms with Crippen LogP contribution in [0.3, 0.4) is 0 Å². The highest BCUT2D eigenvalue weighted by molar-refractivity contribution is 5.90. The lowest BCUT2D eigenvalue weighted by atomic mass is 9.45. The van der Waals surface area contributed by atoms with Crippen molar-refractivity contribution in [3.8, 4) is 0 Å². The van der Waals surface area contributed by atoms with Crippen molar-refractivity contribution in [1.29, 1.82) is 0 Å². The van der Waals surface area contributed by atoms with Crippen LogP contribution in [-0.2, 0) is 28.6 Å². The van der Waals surface area contributed by atoms with Gasteiger partial charge in [-0.2, -0.15) is 0 Å². The predicted molar refractivity (Wildman–Crippen MR) is 112 cm³/mol. The number of hydrogen-bond donors (Lipinski definition) is 0. The van der Waals surface area contributed by atoms with Gasteiger partial charge in [0.1, 0.15) is 23.2 Å². The van der Waals surface area contributed by atoms with E-state index in [2.05, 4.69) is 0 Å². The zero-order valence-corrected chi connectivity index (χ0v) is 19.2. The van der Waals surface area contributed by atoms with Crippen LogP contribution >= 0.6 is 0 Å². The standard InChI is InChI=1S/C25H30O7/c1-6-14(2)19(26)31-18-11-15(3)24(12-17(30-21(24)28)16-7-10-29-13-16)25-9-8-22(4,20(27)32-25)23(18,25)5/h6-7,10,13,15,17-18H,8-9,11-12H2,1-5H3. The highest BCUT2D eigenvalue weighted by Gasteiger charge is 2.88. The average Bonchev–Trinajstić information content (AvgIpc) is 3.49. The predicted octanol–water partition coefficient (Wildman–Crippen LogP) is 4.27. The smallest absolute Gasteiger partial charge is 0.333 e. The molecule has 2 aliphatic carbocycles. The first-order chi connectivity index (χ1) is 15.1. The van der Waals surface area contributed by atoms with E-state index in [-0.39, 0.29) is 17.9 Å². The fraction of sp³-hybridized carbons (Fsp3) is 0.640. The first kappa shape index (κ1) is 21.3. The molecule has 7 atom stereocenters. The molecule has 5 rings (SSSR count). The summed E-state index contributed by atoms with van der Waals surface area (Å²) in [4.78, 5) is 39.7. The number of carbonyl (C=O) groups is 3. The third-order valence-corrected chi connectivity index (χ3v) is 9.49. The summed E-state index contributed by atoms with van der Waals surface area (Å²) in [6, 6.07) is 1.80. The molecule has 1 spiro atoms. The number of furan rings is 1. The van der Waals surface area contributed by atoms with Crippen molar-refractivity contribution in [2.75, 3.05) is 0 Å². The summed E-state index contributed by atoms with van der Waals surface area (Å²) in [6.45, 7) is 9.35. The van der Waals surface area contributed by atoms with Crippen LogP contribution in [0.15, 0.2) is 34.7 Å². The van der Waals surface area contributed by atoms with Crippen molar-refractivity contribution in [3.63, 3.8) is 0 Å². The van der Waals surface area contributed by atoms with Gasteiger partial charge in [-0.1, -0.05) is 19.9 Å². The molecule has 2 aliphatic heterocycles.